The molecule has 0 aromatic heterocycles. The van der Waals surface area contributed by atoms with Gasteiger partial charge in [-0.05, 0) is 29.4 Å². The van der Waals surface area contributed by atoms with Gasteiger partial charge in [0.1, 0.15) is 6.54 Å². The van der Waals surface area contributed by atoms with Gasteiger partial charge in [0.2, 0.25) is 5.91 Å². The molecule has 142 valence electrons. The van der Waals surface area contributed by atoms with Crippen molar-refractivity contribution in [2.75, 3.05) is 31.9 Å². The lowest BCUT2D eigenvalue weighted by Gasteiger charge is -2.35. The monoisotopic (exact) mass is 375 g/mol. The molecule has 2 aliphatic heterocycles. The van der Waals surface area contributed by atoms with Gasteiger partial charge >= 0.3 is 0 Å². The van der Waals surface area contributed by atoms with E-state index >= 15 is 0 Å². The van der Waals surface area contributed by atoms with Crippen molar-refractivity contribution >= 4 is 22.9 Å². The zero-order valence-corrected chi connectivity index (χ0v) is 16.6. The van der Waals surface area contributed by atoms with Crippen molar-refractivity contribution in [2.45, 2.75) is 33.4 Å². The molecule has 1 N–H and O–H groups in total. The van der Waals surface area contributed by atoms with Crippen molar-refractivity contribution in [3.63, 3.8) is 0 Å². The van der Waals surface area contributed by atoms with Crippen molar-refractivity contribution in [1.29, 1.82) is 0 Å². The molecule has 2 amide bonds. The van der Waals surface area contributed by atoms with Crippen LogP contribution in [0.15, 0.2) is 24.3 Å². The maximum absolute atomic E-state index is 12.2. The highest BCUT2D eigenvalue weighted by Gasteiger charge is 2.24. The molecule has 0 spiro atoms. The van der Waals surface area contributed by atoms with E-state index in [2.05, 4.69) is 42.3 Å². The van der Waals surface area contributed by atoms with Crippen LogP contribution in [0, 0.1) is 11.8 Å². The van der Waals surface area contributed by atoms with E-state index in [0.29, 0.717) is 13.1 Å². The van der Waals surface area contributed by atoms with Gasteiger partial charge in [-0.3, -0.25) is 14.5 Å². The van der Waals surface area contributed by atoms with Gasteiger partial charge in [0, 0.05) is 38.5 Å². The molecule has 0 unspecified atom stereocenters. The number of hydrogen-bond donors (Lipinski definition) is 1. The zero-order valence-electron chi connectivity index (χ0n) is 15.7. The molecule has 0 bridgehead atoms. The number of piperidine rings is 1. The maximum atomic E-state index is 12.2. The molecular formula is C20H29N3O2S. The third kappa shape index (κ3) is 5.24. The highest BCUT2D eigenvalue weighted by atomic mass is 32.2. The molecule has 5 nitrogen and oxygen atoms in total. The lowest BCUT2D eigenvalue weighted by Crippen LogP contribution is -2.39. The fraction of sp³-hybridized carbons (Fsp3) is 0.600. The zero-order chi connectivity index (χ0) is 18.5. The minimum absolute atomic E-state index is 0.00823. The average molecular weight is 376 g/mol. The number of likely N-dealkylation sites (tertiary alicyclic amines) is 1. The Balaban J connectivity index is 1.55. The molecule has 1 aromatic rings. The lowest BCUT2D eigenvalue weighted by atomic mass is 9.91. The Hall–Kier alpha value is -1.53. The second kappa shape index (κ2) is 8.91. The molecule has 2 saturated heterocycles. The second-order valence-electron chi connectivity index (χ2n) is 7.72. The Kier molecular flexibility index (Phi) is 6.59. The molecule has 3 rings (SSSR count). The van der Waals surface area contributed by atoms with E-state index < -0.39 is 0 Å². The summed E-state index contributed by atoms with van der Waals surface area (Å²) in [4.78, 5) is 27.9. The molecule has 0 saturated carbocycles. The summed E-state index contributed by atoms with van der Waals surface area (Å²) < 4.78 is 0. The van der Waals surface area contributed by atoms with E-state index in [1.54, 1.807) is 4.90 Å². The third-order valence-corrected chi connectivity index (χ3v) is 6.00. The molecule has 26 heavy (non-hydrogen) atoms. The van der Waals surface area contributed by atoms with Crippen molar-refractivity contribution in [2.24, 2.45) is 11.8 Å². The van der Waals surface area contributed by atoms with Crippen molar-refractivity contribution < 1.29 is 9.59 Å². The van der Waals surface area contributed by atoms with Crippen LogP contribution in [-0.2, 0) is 17.9 Å². The van der Waals surface area contributed by atoms with E-state index in [1.807, 2.05) is 6.07 Å². The third-order valence-electron chi connectivity index (χ3n) is 5.11. The van der Waals surface area contributed by atoms with Gasteiger partial charge in [0.25, 0.3) is 5.24 Å². The van der Waals surface area contributed by atoms with Crippen LogP contribution in [0.3, 0.4) is 0 Å². The Bertz CT molecular complexity index is 642. The normalized spacial score (nSPS) is 24.1. The number of hydrogen-bond acceptors (Lipinski definition) is 4. The Morgan fingerprint density at radius 3 is 2.54 bits per heavy atom. The predicted molar refractivity (Wildman–Crippen MR) is 106 cm³/mol. The maximum Gasteiger partial charge on any atom is 0.282 e. The summed E-state index contributed by atoms with van der Waals surface area (Å²) in [6.07, 6.45) is 1.31. The minimum Gasteiger partial charge on any atom is -0.350 e. The molecule has 6 heteroatoms. The number of thioether (sulfide) groups is 1. The number of carbonyl (C=O) groups is 2. The number of rotatable bonds is 6. The van der Waals surface area contributed by atoms with E-state index in [4.69, 9.17) is 0 Å². The number of nitrogens with zero attached hydrogens (tertiary/aromatic N) is 2. The summed E-state index contributed by atoms with van der Waals surface area (Å²) in [6.45, 7) is 9.21. The average Bonchev–Trinajstić information content (AvgIpc) is 2.98. The predicted octanol–water partition coefficient (Wildman–Crippen LogP) is 2.95. The smallest absolute Gasteiger partial charge is 0.282 e. The Labute approximate surface area is 160 Å². The molecular weight excluding hydrogens is 346 g/mol. The number of nitrogens with one attached hydrogen (secondary N) is 1. The minimum atomic E-state index is -0.0872. The fourth-order valence-corrected chi connectivity index (χ4v) is 4.86. The lowest BCUT2D eigenvalue weighted by molar-refractivity contribution is -0.121. The van der Waals surface area contributed by atoms with E-state index in [1.165, 1.54) is 23.7 Å². The first-order chi connectivity index (χ1) is 12.5. The van der Waals surface area contributed by atoms with Crippen LogP contribution in [-0.4, -0.2) is 52.9 Å². The number of benzene rings is 1. The van der Waals surface area contributed by atoms with Gasteiger partial charge in [-0.1, -0.05) is 49.9 Å². The Morgan fingerprint density at radius 1 is 1.19 bits per heavy atom. The Morgan fingerprint density at radius 2 is 1.88 bits per heavy atom. The fourth-order valence-electron chi connectivity index (χ4n) is 4.04. The van der Waals surface area contributed by atoms with Crippen molar-refractivity contribution in [1.82, 2.24) is 15.1 Å². The van der Waals surface area contributed by atoms with Crippen LogP contribution in [0.5, 0.6) is 0 Å². The summed E-state index contributed by atoms with van der Waals surface area (Å²) in [5.41, 5.74) is 2.44. The first-order valence-electron chi connectivity index (χ1n) is 9.49. The SMILES string of the molecule is C[C@@H]1C[C@@H](C)CN(Cc2ccccc2CNC(=O)CN2CCSC2=O)C1. The summed E-state index contributed by atoms with van der Waals surface area (Å²) >= 11 is 1.29. The van der Waals surface area contributed by atoms with Crippen LogP contribution in [0.1, 0.15) is 31.4 Å². The quantitative estimate of drug-likeness (QED) is 0.831. The van der Waals surface area contributed by atoms with Gasteiger partial charge < -0.3 is 10.2 Å². The molecule has 1 aromatic carbocycles. The molecule has 2 heterocycles. The van der Waals surface area contributed by atoms with Crippen molar-refractivity contribution in [3.8, 4) is 0 Å². The first kappa shape index (κ1) is 19.2. The van der Waals surface area contributed by atoms with E-state index in [9.17, 15) is 9.59 Å². The molecule has 0 radical (unpaired) electrons. The van der Waals surface area contributed by atoms with Gasteiger partial charge in [-0.25, -0.2) is 0 Å². The van der Waals surface area contributed by atoms with Crippen LogP contribution in [0.4, 0.5) is 4.79 Å². The largest absolute Gasteiger partial charge is 0.350 e. The van der Waals surface area contributed by atoms with Gasteiger partial charge in [0.15, 0.2) is 0 Å². The summed E-state index contributed by atoms with van der Waals surface area (Å²) in [5, 5.41) is 2.99. The summed E-state index contributed by atoms with van der Waals surface area (Å²) in [7, 11) is 0. The highest BCUT2D eigenvalue weighted by molar-refractivity contribution is 8.13. The molecule has 2 aliphatic rings. The van der Waals surface area contributed by atoms with Crippen LogP contribution < -0.4 is 5.32 Å². The number of amides is 2. The first-order valence-corrected chi connectivity index (χ1v) is 10.5. The molecule has 0 aliphatic carbocycles. The highest BCUT2D eigenvalue weighted by Crippen LogP contribution is 2.23. The van der Waals surface area contributed by atoms with Gasteiger partial charge in [-0.15, -0.1) is 0 Å². The van der Waals surface area contributed by atoms with E-state index in [-0.39, 0.29) is 17.7 Å². The standard InChI is InChI=1S/C20H29N3O2S/c1-15-9-16(2)12-22(11-15)13-18-6-4-3-5-17(18)10-21-19(24)14-23-7-8-26-20(23)25/h3-6,15-16H,7-14H2,1-2H3,(H,21,24)/t15-,16-/m1/s1. The summed E-state index contributed by atoms with van der Waals surface area (Å²) in [6, 6.07) is 8.33. The second-order valence-corrected chi connectivity index (χ2v) is 8.77. The van der Waals surface area contributed by atoms with Gasteiger partial charge in [-0.2, -0.15) is 0 Å². The van der Waals surface area contributed by atoms with Crippen LogP contribution in [0.25, 0.3) is 0 Å². The van der Waals surface area contributed by atoms with E-state index in [0.717, 1.165) is 42.8 Å². The van der Waals surface area contributed by atoms with Crippen molar-refractivity contribution in [3.05, 3.63) is 35.4 Å². The van der Waals surface area contributed by atoms with Crippen LogP contribution in [0.2, 0.25) is 0 Å². The number of carbonyl (C=O) groups excluding carboxylic acids is 2. The summed E-state index contributed by atoms with van der Waals surface area (Å²) in [5.74, 6) is 2.17. The topological polar surface area (TPSA) is 52.7 Å². The van der Waals surface area contributed by atoms with Gasteiger partial charge in [0.05, 0.1) is 0 Å². The molecule has 2 atom stereocenters. The van der Waals surface area contributed by atoms with Crippen LogP contribution >= 0.6 is 11.8 Å². The molecule has 2 fully saturated rings.